The number of nitrogens with zero attached hydrogens (tertiary/aromatic N) is 4. The number of oxime groups is 1. The third-order valence-electron chi connectivity index (χ3n) is 8.36. The summed E-state index contributed by atoms with van der Waals surface area (Å²) in [5.41, 5.74) is 8.43. The molecule has 0 saturated carbocycles. The molecule has 15 heteroatoms. The zero-order chi connectivity index (χ0) is 37.8. The van der Waals surface area contributed by atoms with Crippen molar-refractivity contribution in [1.29, 1.82) is 0 Å². The summed E-state index contributed by atoms with van der Waals surface area (Å²) in [5.74, 6) is -0.101. The van der Waals surface area contributed by atoms with Crippen LogP contribution in [-0.4, -0.2) is 57.1 Å². The monoisotopic (exact) mass is 786 g/mol. The maximum Gasteiger partial charge on any atom is 0.416 e. The van der Waals surface area contributed by atoms with Crippen LogP contribution in [-0.2, 0) is 21.0 Å². The van der Waals surface area contributed by atoms with Crippen LogP contribution in [0.25, 0.3) is 0 Å². The molecule has 0 spiro atoms. The summed E-state index contributed by atoms with van der Waals surface area (Å²) in [6.07, 6.45) is -1.14. The average Bonchev–Trinajstić information content (AvgIpc) is 3.59. The number of nitrogens with two attached hydrogens (primary N) is 1. The molecule has 0 amide bonds. The Kier molecular flexibility index (Phi) is 13.9. The number of aliphatic imine (C=N–C) groups is 1. The number of unbranched alkanes of at least 4 members (excludes halogenated alkanes) is 3. The van der Waals surface area contributed by atoms with Gasteiger partial charge in [-0.05, 0) is 84.5 Å². The number of hydrogen-bond donors (Lipinski definition) is 2. The van der Waals surface area contributed by atoms with Crippen LogP contribution in [0.15, 0.2) is 123 Å². The van der Waals surface area contributed by atoms with Crippen LogP contribution in [0.4, 0.5) is 13.2 Å². The molecule has 1 heterocycles. The van der Waals surface area contributed by atoms with Gasteiger partial charge in [0.15, 0.2) is 0 Å². The van der Waals surface area contributed by atoms with E-state index in [4.69, 9.17) is 43.9 Å². The van der Waals surface area contributed by atoms with E-state index in [0.717, 1.165) is 41.8 Å². The Hall–Kier alpha value is -4.43. The molecule has 0 fully saturated rings. The highest BCUT2D eigenvalue weighted by Crippen LogP contribution is 2.31. The Morgan fingerprint density at radius 3 is 2.17 bits per heavy atom. The number of nitrogens with one attached hydrogen (secondary N) is 1. The summed E-state index contributed by atoms with van der Waals surface area (Å²) in [4.78, 5) is 10.00. The van der Waals surface area contributed by atoms with Crippen LogP contribution in [0, 0.1) is 0 Å². The molecule has 1 aliphatic heterocycles. The topological polar surface area (TPSA) is 122 Å². The van der Waals surface area contributed by atoms with Crippen LogP contribution in [0.1, 0.15) is 60.3 Å². The SMILES string of the molecule is NCCON=C(CCCCCCN=C(NS(=O)(=O)c1ccc(Cl)cc1)N1C[C@H](c2ccccc2)C(c2ccc(Cl)cc2)=N1)c1ccc(C(F)(F)F)cc1. The van der Waals surface area contributed by atoms with E-state index in [1.807, 2.05) is 42.5 Å². The molecule has 4 aromatic rings. The maximum atomic E-state index is 13.6. The van der Waals surface area contributed by atoms with Gasteiger partial charge in [-0.25, -0.2) is 18.1 Å². The second-order valence-electron chi connectivity index (χ2n) is 12.2. The first-order chi connectivity index (χ1) is 25.4. The first kappa shape index (κ1) is 39.8. The molecule has 3 N–H and O–H groups in total. The van der Waals surface area contributed by atoms with E-state index in [-0.39, 0.29) is 29.9 Å². The molecule has 0 aromatic heterocycles. The standard InChI is InChI=1S/C38H39Cl2F3N6O3S/c39-31-17-13-29(14-18-31)36-34(27-8-4-3-5-9-27)26-49(46-36)37(48-53(50,51)33-21-19-32(40)20-22-33)45-24-7-2-1-6-10-35(47-52-25-23-44)28-11-15-30(16-12-28)38(41,42)43/h3-5,8-9,11-22,34H,1-2,6-7,10,23-26,44H2,(H,45,48)/t34-/m1/s1. The second-order valence-corrected chi connectivity index (χ2v) is 14.8. The van der Waals surface area contributed by atoms with E-state index >= 15 is 0 Å². The van der Waals surface area contributed by atoms with E-state index in [2.05, 4.69) is 9.88 Å². The number of rotatable bonds is 15. The normalized spacial score (nSPS) is 15.4. The third kappa shape index (κ3) is 11.3. The Labute approximate surface area is 317 Å². The lowest BCUT2D eigenvalue weighted by Crippen LogP contribution is -2.41. The van der Waals surface area contributed by atoms with E-state index in [0.29, 0.717) is 53.7 Å². The molecule has 1 aliphatic rings. The number of halogens is 5. The molecule has 1 atom stereocenters. The summed E-state index contributed by atoms with van der Waals surface area (Å²) >= 11 is 12.2. The van der Waals surface area contributed by atoms with Gasteiger partial charge in [0, 0.05) is 29.1 Å². The number of guanidine groups is 1. The fourth-order valence-electron chi connectivity index (χ4n) is 5.63. The lowest BCUT2D eigenvalue weighted by molar-refractivity contribution is -0.137. The Bertz CT molecular complexity index is 1990. The van der Waals surface area contributed by atoms with Crippen molar-refractivity contribution >= 4 is 50.6 Å². The molecule has 4 aromatic carbocycles. The Morgan fingerprint density at radius 1 is 0.887 bits per heavy atom. The summed E-state index contributed by atoms with van der Waals surface area (Å²) in [6.45, 7) is 1.07. The van der Waals surface area contributed by atoms with E-state index in [9.17, 15) is 21.6 Å². The van der Waals surface area contributed by atoms with Gasteiger partial charge in [-0.15, -0.1) is 0 Å². The number of hydrazone groups is 1. The Morgan fingerprint density at radius 2 is 1.53 bits per heavy atom. The highest BCUT2D eigenvalue weighted by Gasteiger charge is 2.33. The van der Waals surface area contributed by atoms with Crippen molar-refractivity contribution in [2.45, 2.75) is 49.1 Å². The predicted octanol–water partition coefficient (Wildman–Crippen LogP) is 8.48. The molecule has 5 rings (SSSR count). The molecule has 53 heavy (non-hydrogen) atoms. The molecule has 280 valence electrons. The lowest BCUT2D eigenvalue weighted by Gasteiger charge is -2.20. The van der Waals surface area contributed by atoms with Crippen LogP contribution >= 0.6 is 23.2 Å². The molecule has 0 radical (unpaired) electrons. The van der Waals surface area contributed by atoms with Gasteiger partial charge in [0.1, 0.15) is 6.61 Å². The Balaban J connectivity index is 1.30. The predicted molar refractivity (Wildman–Crippen MR) is 204 cm³/mol. The first-order valence-electron chi connectivity index (χ1n) is 17.0. The maximum absolute atomic E-state index is 13.6. The molecule has 0 unspecified atom stereocenters. The van der Waals surface area contributed by atoms with E-state index in [1.54, 1.807) is 17.1 Å². The summed E-state index contributed by atoms with van der Waals surface area (Å²) in [5, 5.41) is 11.6. The van der Waals surface area contributed by atoms with Crippen molar-refractivity contribution in [3.63, 3.8) is 0 Å². The fourth-order valence-corrected chi connectivity index (χ4v) is 6.91. The zero-order valence-corrected chi connectivity index (χ0v) is 31.0. The number of benzene rings is 4. The summed E-state index contributed by atoms with van der Waals surface area (Å²) < 4.78 is 69.0. The van der Waals surface area contributed by atoms with E-state index in [1.165, 1.54) is 36.4 Å². The summed E-state index contributed by atoms with van der Waals surface area (Å²) in [7, 11) is -4.05. The fraction of sp³-hybridized carbons (Fsp3) is 0.289. The highest BCUT2D eigenvalue weighted by molar-refractivity contribution is 7.90. The number of hydrogen-bond acceptors (Lipinski definition) is 7. The van der Waals surface area contributed by atoms with Gasteiger partial charge < -0.3 is 10.6 Å². The van der Waals surface area contributed by atoms with Crippen LogP contribution in [0.2, 0.25) is 10.0 Å². The van der Waals surface area contributed by atoms with Gasteiger partial charge >= 0.3 is 6.18 Å². The van der Waals surface area contributed by atoms with Crippen molar-refractivity contribution in [3.05, 3.63) is 135 Å². The van der Waals surface area contributed by atoms with Crippen molar-refractivity contribution in [3.8, 4) is 0 Å². The van der Waals surface area contributed by atoms with Crippen molar-refractivity contribution in [2.24, 2.45) is 21.0 Å². The van der Waals surface area contributed by atoms with Crippen molar-refractivity contribution in [1.82, 2.24) is 9.73 Å². The molecular weight excluding hydrogens is 748 g/mol. The van der Waals surface area contributed by atoms with Crippen molar-refractivity contribution in [2.75, 3.05) is 26.2 Å². The molecule has 0 aliphatic carbocycles. The minimum absolute atomic E-state index is 0.0243. The number of sulfonamides is 1. The van der Waals surface area contributed by atoms with Crippen LogP contribution < -0.4 is 10.5 Å². The van der Waals surface area contributed by atoms with Crippen molar-refractivity contribution < 1.29 is 26.4 Å². The van der Waals surface area contributed by atoms with E-state index < -0.39 is 21.8 Å². The van der Waals surface area contributed by atoms with Gasteiger partial charge in [0.2, 0.25) is 5.96 Å². The zero-order valence-electron chi connectivity index (χ0n) is 28.6. The molecule has 0 saturated heterocycles. The third-order valence-corrected chi connectivity index (χ3v) is 10.2. The largest absolute Gasteiger partial charge is 0.416 e. The summed E-state index contributed by atoms with van der Waals surface area (Å²) in [6, 6.07) is 27.8. The lowest BCUT2D eigenvalue weighted by atomic mass is 9.91. The quantitative estimate of drug-likeness (QED) is 0.0542. The van der Waals surface area contributed by atoms with Gasteiger partial charge in [-0.2, -0.15) is 18.3 Å². The minimum atomic E-state index is -4.44. The second kappa shape index (κ2) is 18.6. The highest BCUT2D eigenvalue weighted by atomic mass is 35.5. The van der Waals surface area contributed by atoms with Crippen LogP contribution in [0.5, 0.6) is 0 Å². The van der Waals surface area contributed by atoms with Crippen LogP contribution in [0.3, 0.4) is 0 Å². The van der Waals surface area contributed by atoms with Gasteiger partial charge in [0.25, 0.3) is 10.0 Å². The number of alkyl halides is 3. The smallest absolute Gasteiger partial charge is 0.394 e. The molecule has 0 bridgehead atoms. The van der Waals surface area contributed by atoms with Gasteiger partial charge in [-0.1, -0.05) is 95.8 Å². The average molecular weight is 788 g/mol. The first-order valence-corrected chi connectivity index (χ1v) is 19.2. The molecular formula is C38H39Cl2F3N6O3S. The minimum Gasteiger partial charge on any atom is -0.394 e. The van der Waals surface area contributed by atoms with Gasteiger partial charge in [-0.3, -0.25) is 4.99 Å². The molecule has 9 nitrogen and oxygen atoms in total. The van der Waals surface area contributed by atoms with Gasteiger partial charge in [0.05, 0.1) is 28.4 Å².